The molecule has 0 atom stereocenters. The van der Waals surface area contributed by atoms with Gasteiger partial charge in [0.1, 0.15) is 5.15 Å². The molecule has 0 saturated heterocycles. The maximum absolute atomic E-state index is 12.1. The first-order valence-electron chi connectivity index (χ1n) is 6.57. The summed E-state index contributed by atoms with van der Waals surface area (Å²) in [4.78, 5) is 17.2. The second kappa shape index (κ2) is 6.32. The van der Waals surface area contributed by atoms with Gasteiger partial charge in [-0.1, -0.05) is 23.7 Å². The van der Waals surface area contributed by atoms with E-state index in [1.807, 2.05) is 37.3 Å². The average Bonchev–Trinajstić information content (AvgIpc) is 2.91. The van der Waals surface area contributed by atoms with Crippen LogP contribution in [0, 0.1) is 6.92 Å². The Labute approximate surface area is 145 Å². The van der Waals surface area contributed by atoms with E-state index in [-0.39, 0.29) is 5.78 Å². The summed E-state index contributed by atoms with van der Waals surface area (Å²) in [5.74, 6) is -0.0456. The predicted octanol–water partition coefficient (Wildman–Crippen LogP) is 5.92. The Morgan fingerprint density at radius 3 is 2.82 bits per heavy atom. The third-order valence-corrected chi connectivity index (χ3v) is 5.13. The molecule has 1 aromatic carbocycles. The lowest BCUT2D eigenvalue weighted by Gasteiger charge is -2.03. The average molecular weight is 393 g/mol. The Morgan fingerprint density at radius 1 is 1.27 bits per heavy atom. The van der Waals surface area contributed by atoms with E-state index >= 15 is 0 Å². The largest absolute Gasteiger partial charge is 0.288 e. The van der Waals surface area contributed by atoms with Gasteiger partial charge in [-0.15, -0.1) is 11.3 Å². The summed E-state index contributed by atoms with van der Waals surface area (Å²) in [6.07, 6.45) is 3.24. The zero-order valence-electron chi connectivity index (χ0n) is 11.6. The summed E-state index contributed by atoms with van der Waals surface area (Å²) < 4.78 is 0.935. The number of aryl methyl sites for hydroxylation is 1. The fourth-order valence-corrected chi connectivity index (χ4v) is 3.60. The monoisotopic (exact) mass is 391 g/mol. The summed E-state index contributed by atoms with van der Waals surface area (Å²) in [5, 5.41) is 1.40. The number of allylic oxidation sites excluding steroid dienone is 1. The first-order chi connectivity index (χ1) is 10.5. The molecule has 2 nitrogen and oxygen atoms in total. The van der Waals surface area contributed by atoms with E-state index < -0.39 is 0 Å². The van der Waals surface area contributed by atoms with Gasteiger partial charge in [0.05, 0.1) is 14.2 Å². The number of pyridine rings is 1. The zero-order chi connectivity index (χ0) is 15.7. The SMILES string of the molecule is Cc1ccc2cc(/C=C/C(=O)c3ccc(Br)s3)c(Cl)nc2c1. The molecular weight excluding hydrogens is 382 g/mol. The first-order valence-corrected chi connectivity index (χ1v) is 8.56. The topological polar surface area (TPSA) is 30.0 Å². The number of carbonyl (C=O) groups excluding carboxylic acids is 1. The molecule has 0 spiro atoms. The Kier molecular flexibility index (Phi) is 4.43. The number of fused-ring (bicyclic) bond motifs is 1. The Morgan fingerprint density at radius 2 is 2.09 bits per heavy atom. The van der Waals surface area contributed by atoms with Crippen molar-refractivity contribution >= 4 is 61.6 Å². The highest BCUT2D eigenvalue weighted by Gasteiger charge is 2.07. The summed E-state index contributed by atoms with van der Waals surface area (Å²) in [6, 6.07) is 11.6. The van der Waals surface area contributed by atoms with Crippen LogP contribution in [0.2, 0.25) is 5.15 Å². The van der Waals surface area contributed by atoms with Crippen LogP contribution in [-0.2, 0) is 0 Å². The third-order valence-electron chi connectivity index (χ3n) is 3.18. The molecule has 0 bridgehead atoms. The van der Waals surface area contributed by atoms with Crippen LogP contribution in [0.25, 0.3) is 17.0 Å². The Hall–Kier alpha value is -1.49. The third kappa shape index (κ3) is 3.29. The summed E-state index contributed by atoms with van der Waals surface area (Å²) in [5.41, 5.74) is 2.73. The molecule has 22 heavy (non-hydrogen) atoms. The summed E-state index contributed by atoms with van der Waals surface area (Å²) in [6.45, 7) is 2.01. The number of nitrogens with zero attached hydrogens (tertiary/aromatic N) is 1. The van der Waals surface area contributed by atoms with Gasteiger partial charge in [-0.2, -0.15) is 0 Å². The van der Waals surface area contributed by atoms with Gasteiger partial charge in [-0.25, -0.2) is 4.98 Å². The standard InChI is InChI=1S/C17H11BrClNOS/c1-10-2-3-11-9-12(17(19)20-13(11)8-10)4-5-14(21)15-6-7-16(18)22-15/h2-9H,1H3/b5-4+. The number of hydrogen-bond acceptors (Lipinski definition) is 3. The second-order valence-corrected chi connectivity index (χ2v) is 7.69. The molecule has 110 valence electrons. The van der Waals surface area contributed by atoms with Gasteiger partial charge in [-0.05, 0) is 64.8 Å². The molecule has 0 radical (unpaired) electrons. The molecular formula is C17H11BrClNOS. The highest BCUT2D eigenvalue weighted by molar-refractivity contribution is 9.11. The van der Waals surface area contributed by atoms with Gasteiger partial charge in [0, 0.05) is 10.9 Å². The number of benzene rings is 1. The highest BCUT2D eigenvalue weighted by atomic mass is 79.9. The van der Waals surface area contributed by atoms with Gasteiger partial charge in [-0.3, -0.25) is 4.79 Å². The molecule has 5 heteroatoms. The van der Waals surface area contributed by atoms with E-state index in [2.05, 4.69) is 20.9 Å². The Balaban J connectivity index is 1.93. The molecule has 0 unspecified atom stereocenters. The molecule has 0 saturated carbocycles. The number of halogens is 2. The molecule has 2 heterocycles. The number of carbonyl (C=O) groups is 1. The van der Waals surface area contributed by atoms with E-state index in [1.54, 1.807) is 12.1 Å². The molecule has 3 aromatic rings. The van der Waals surface area contributed by atoms with Crippen molar-refractivity contribution in [3.63, 3.8) is 0 Å². The van der Waals surface area contributed by atoms with Crippen LogP contribution in [0.15, 0.2) is 46.3 Å². The Bertz CT molecular complexity index is 901. The fourth-order valence-electron chi connectivity index (χ4n) is 2.08. The van der Waals surface area contributed by atoms with Crippen LogP contribution in [0.5, 0.6) is 0 Å². The molecule has 2 aromatic heterocycles. The van der Waals surface area contributed by atoms with Gasteiger partial charge >= 0.3 is 0 Å². The molecule has 0 aliphatic heterocycles. The lowest BCUT2D eigenvalue weighted by atomic mass is 10.1. The minimum absolute atomic E-state index is 0.0456. The van der Waals surface area contributed by atoms with Crippen molar-refractivity contribution < 1.29 is 4.79 Å². The minimum Gasteiger partial charge on any atom is -0.288 e. The quantitative estimate of drug-likeness (QED) is 0.315. The number of aromatic nitrogens is 1. The van der Waals surface area contributed by atoms with E-state index in [0.29, 0.717) is 10.0 Å². The molecule has 0 fully saturated rings. The van der Waals surface area contributed by atoms with Crippen molar-refractivity contribution in [3.05, 3.63) is 67.4 Å². The molecule has 0 aliphatic carbocycles. The zero-order valence-corrected chi connectivity index (χ0v) is 14.8. The van der Waals surface area contributed by atoms with Crippen molar-refractivity contribution in [2.75, 3.05) is 0 Å². The van der Waals surface area contributed by atoms with E-state index in [4.69, 9.17) is 11.6 Å². The minimum atomic E-state index is -0.0456. The molecule has 0 N–H and O–H groups in total. The van der Waals surface area contributed by atoms with Crippen LogP contribution in [-0.4, -0.2) is 10.8 Å². The summed E-state index contributed by atoms with van der Waals surface area (Å²) >= 11 is 11.0. The van der Waals surface area contributed by atoms with E-state index in [1.165, 1.54) is 17.4 Å². The highest BCUT2D eigenvalue weighted by Crippen LogP contribution is 2.25. The van der Waals surface area contributed by atoms with Crippen LogP contribution in [0.4, 0.5) is 0 Å². The van der Waals surface area contributed by atoms with Crippen LogP contribution >= 0.6 is 38.9 Å². The van der Waals surface area contributed by atoms with Crippen molar-refractivity contribution in [1.82, 2.24) is 4.98 Å². The first kappa shape index (κ1) is 15.4. The fraction of sp³-hybridized carbons (Fsp3) is 0.0588. The smallest absolute Gasteiger partial charge is 0.195 e. The van der Waals surface area contributed by atoms with Crippen molar-refractivity contribution in [3.8, 4) is 0 Å². The number of thiophene rings is 1. The van der Waals surface area contributed by atoms with Gasteiger partial charge in [0.25, 0.3) is 0 Å². The van der Waals surface area contributed by atoms with Crippen molar-refractivity contribution in [2.24, 2.45) is 0 Å². The summed E-state index contributed by atoms with van der Waals surface area (Å²) in [7, 11) is 0. The van der Waals surface area contributed by atoms with Crippen molar-refractivity contribution in [2.45, 2.75) is 6.92 Å². The number of rotatable bonds is 3. The molecule has 0 amide bonds. The van der Waals surface area contributed by atoms with Crippen LogP contribution in [0.1, 0.15) is 20.8 Å². The second-order valence-electron chi connectivity index (χ2n) is 4.87. The van der Waals surface area contributed by atoms with E-state index in [0.717, 1.165) is 25.8 Å². The number of hydrogen-bond donors (Lipinski definition) is 0. The van der Waals surface area contributed by atoms with E-state index in [9.17, 15) is 4.79 Å². The van der Waals surface area contributed by atoms with Crippen LogP contribution in [0.3, 0.4) is 0 Å². The lowest BCUT2D eigenvalue weighted by Crippen LogP contribution is -1.90. The number of ketones is 1. The molecule has 0 aliphatic rings. The normalized spacial score (nSPS) is 11.4. The van der Waals surface area contributed by atoms with Crippen LogP contribution < -0.4 is 0 Å². The molecule has 3 rings (SSSR count). The predicted molar refractivity (Wildman–Crippen MR) is 96.9 cm³/mol. The lowest BCUT2D eigenvalue weighted by molar-refractivity contribution is 0.105. The van der Waals surface area contributed by atoms with Gasteiger partial charge in [0.2, 0.25) is 0 Å². The van der Waals surface area contributed by atoms with Crippen molar-refractivity contribution in [1.29, 1.82) is 0 Å². The maximum Gasteiger partial charge on any atom is 0.195 e. The van der Waals surface area contributed by atoms with Gasteiger partial charge < -0.3 is 0 Å². The maximum atomic E-state index is 12.1. The van der Waals surface area contributed by atoms with Gasteiger partial charge in [0.15, 0.2) is 5.78 Å².